The molecule has 0 saturated heterocycles. The number of hydrogen-bond acceptors (Lipinski definition) is 7. The Morgan fingerprint density at radius 3 is 2.72 bits per heavy atom. The molecule has 0 spiro atoms. The summed E-state index contributed by atoms with van der Waals surface area (Å²) in [6.07, 6.45) is 4.54. The number of rotatable bonds is 7. The third-order valence-corrected chi connectivity index (χ3v) is 5.53. The number of nitrogens with one attached hydrogen (secondary N) is 1. The van der Waals surface area contributed by atoms with Crippen molar-refractivity contribution in [1.29, 1.82) is 0 Å². The van der Waals surface area contributed by atoms with E-state index in [1.807, 2.05) is 6.07 Å². The molecular weight excluding hydrogens is 477 g/mol. The van der Waals surface area contributed by atoms with Crippen molar-refractivity contribution in [1.82, 2.24) is 24.7 Å². The molecule has 5 aromatic rings. The highest BCUT2D eigenvalue weighted by Crippen LogP contribution is 2.26. The number of nitrogens with zero attached hydrogens (tertiary/aromatic N) is 4. The fourth-order valence-corrected chi connectivity index (χ4v) is 3.83. The van der Waals surface area contributed by atoms with Gasteiger partial charge in [-0.2, -0.15) is 4.98 Å². The van der Waals surface area contributed by atoms with Gasteiger partial charge in [0.25, 0.3) is 11.4 Å². The van der Waals surface area contributed by atoms with E-state index in [9.17, 15) is 22.8 Å². The van der Waals surface area contributed by atoms with Crippen molar-refractivity contribution in [2.24, 2.45) is 0 Å². The van der Waals surface area contributed by atoms with Crippen molar-refractivity contribution in [3.05, 3.63) is 93.7 Å². The lowest BCUT2D eigenvalue weighted by atomic mass is 10.1. The van der Waals surface area contributed by atoms with Crippen LogP contribution in [0.1, 0.15) is 28.2 Å². The summed E-state index contributed by atoms with van der Waals surface area (Å²) in [5.41, 5.74) is 6.34. The zero-order valence-corrected chi connectivity index (χ0v) is 18.5. The number of hydrogen-bond donors (Lipinski definition) is 2. The predicted octanol–water partition coefficient (Wildman–Crippen LogP) is 3.64. The Morgan fingerprint density at radius 1 is 1.17 bits per heavy atom. The number of ketones is 1. The fraction of sp³-hybridized carbons (Fsp3) is 0.125. The van der Waals surface area contributed by atoms with Crippen molar-refractivity contribution in [2.75, 3.05) is 5.73 Å². The van der Waals surface area contributed by atoms with Crippen molar-refractivity contribution >= 4 is 22.5 Å². The molecule has 1 aromatic carbocycles. The van der Waals surface area contributed by atoms with E-state index in [-0.39, 0.29) is 47.9 Å². The second-order valence-electron chi connectivity index (χ2n) is 8.03. The number of anilines is 1. The molecule has 0 bridgehead atoms. The second-order valence-corrected chi connectivity index (χ2v) is 8.03. The predicted molar refractivity (Wildman–Crippen MR) is 123 cm³/mol. The number of H-pyrrole nitrogens is 1. The molecule has 5 rings (SSSR count). The third kappa shape index (κ3) is 4.35. The van der Waals surface area contributed by atoms with Gasteiger partial charge in [-0.25, -0.2) is 18.2 Å². The molecule has 0 fully saturated rings. The molecule has 0 atom stereocenters. The highest BCUT2D eigenvalue weighted by Gasteiger charge is 2.18. The van der Waals surface area contributed by atoms with E-state index in [1.165, 1.54) is 12.3 Å². The molecule has 4 heterocycles. The number of Topliss-reactive ketones (excluding diaryl/α,β-unsaturated/α-hetero) is 1. The number of carbonyl (C=O) groups excluding carboxylic acids is 1. The smallest absolute Gasteiger partial charge is 0.261 e. The van der Waals surface area contributed by atoms with Crippen LogP contribution >= 0.6 is 0 Å². The average Bonchev–Trinajstić information content (AvgIpc) is 3.50. The van der Waals surface area contributed by atoms with Gasteiger partial charge < -0.3 is 19.8 Å². The molecule has 9 nitrogen and oxygen atoms in total. The van der Waals surface area contributed by atoms with Gasteiger partial charge in [0.05, 0.1) is 17.7 Å². The van der Waals surface area contributed by atoms with Crippen LogP contribution in [0.5, 0.6) is 0 Å². The van der Waals surface area contributed by atoms with Crippen LogP contribution in [0.4, 0.5) is 18.9 Å². The van der Waals surface area contributed by atoms with Gasteiger partial charge in [-0.1, -0.05) is 5.16 Å². The van der Waals surface area contributed by atoms with Crippen molar-refractivity contribution < 1.29 is 22.5 Å². The first-order valence-corrected chi connectivity index (χ1v) is 10.7. The van der Waals surface area contributed by atoms with Gasteiger partial charge in [-0.05, 0) is 35.9 Å². The van der Waals surface area contributed by atoms with Gasteiger partial charge in [-0.3, -0.25) is 9.59 Å². The Hall–Kier alpha value is -4.74. The van der Waals surface area contributed by atoms with E-state index < -0.39 is 28.8 Å². The van der Waals surface area contributed by atoms with Crippen LogP contribution in [0.3, 0.4) is 0 Å². The maximum atomic E-state index is 13.6. The van der Waals surface area contributed by atoms with Gasteiger partial charge in [-0.15, -0.1) is 0 Å². The maximum Gasteiger partial charge on any atom is 0.261 e. The van der Waals surface area contributed by atoms with Crippen LogP contribution in [0, 0.1) is 17.5 Å². The summed E-state index contributed by atoms with van der Waals surface area (Å²) in [5.74, 6) is -4.40. The average molecular weight is 494 g/mol. The quantitative estimate of drug-likeness (QED) is 0.261. The van der Waals surface area contributed by atoms with E-state index in [4.69, 9.17) is 10.3 Å². The first kappa shape index (κ1) is 23.0. The van der Waals surface area contributed by atoms with Crippen molar-refractivity contribution in [3.8, 4) is 11.5 Å². The number of aromatic nitrogens is 5. The highest BCUT2D eigenvalue weighted by atomic mass is 19.2. The molecule has 36 heavy (non-hydrogen) atoms. The summed E-state index contributed by atoms with van der Waals surface area (Å²) in [5, 5.41) is 4.70. The lowest BCUT2D eigenvalue weighted by Crippen LogP contribution is -2.27. The standard InChI is InChI=1S/C24H17F3N6O3/c25-17-6-12(7-18(26)21(17)27)10-33-11-13(28)8-15(24(33)35)19(34)3-4-20-31-23(36-32-20)16-9-30-22-14(16)2-1-5-29-22/h1-2,5-9,11H,3-4,10,28H2,(H,29,30). The molecule has 182 valence electrons. The Morgan fingerprint density at radius 2 is 1.94 bits per heavy atom. The Bertz CT molecular complexity index is 1650. The Balaban J connectivity index is 1.33. The van der Waals surface area contributed by atoms with Gasteiger partial charge in [0.15, 0.2) is 29.1 Å². The van der Waals surface area contributed by atoms with Crippen LogP contribution in [0.2, 0.25) is 0 Å². The Labute approximate surface area is 200 Å². The summed E-state index contributed by atoms with van der Waals surface area (Å²) in [7, 11) is 0. The zero-order chi connectivity index (χ0) is 25.4. The van der Waals surface area contributed by atoms with Gasteiger partial charge in [0.1, 0.15) is 5.65 Å². The van der Waals surface area contributed by atoms with Crippen LogP contribution in [0.25, 0.3) is 22.5 Å². The zero-order valence-electron chi connectivity index (χ0n) is 18.5. The number of carbonyl (C=O) groups is 1. The minimum atomic E-state index is -1.61. The number of aryl methyl sites for hydroxylation is 1. The molecule has 0 aliphatic carbocycles. The Kier molecular flexibility index (Phi) is 5.84. The van der Waals surface area contributed by atoms with E-state index in [0.29, 0.717) is 11.2 Å². The number of nitrogen functional groups attached to an aromatic ring is 1. The first-order chi connectivity index (χ1) is 17.3. The topological polar surface area (TPSA) is 133 Å². The van der Waals surface area contributed by atoms with Crippen molar-refractivity contribution in [2.45, 2.75) is 19.4 Å². The van der Waals surface area contributed by atoms with Crippen LogP contribution in [-0.2, 0) is 13.0 Å². The molecule has 0 radical (unpaired) electrons. The van der Waals surface area contributed by atoms with E-state index >= 15 is 0 Å². The number of fused-ring (bicyclic) bond motifs is 1. The summed E-state index contributed by atoms with van der Waals surface area (Å²) in [6.45, 7) is -0.314. The largest absolute Gasteiger partial charge is 0.398 e. The lowest BCUT2D eigenvalue weighted by Gasteiger charge is -2.10. The number of aromatic amines is 1. The highest BCUT2D eigenvalue weighted by molar-refractivity contribution is 5.96. The first-order valence-electron chi connectivity index (χ1n) is 10.7. The summed E-state index contributed by atoms with van der Waals surface area (Å²) < 4.78 is 46.7. The molecule has 12 heteroatoms. The molecule has 0 amide bonds. The minimum Gasteiger partial charge on any atom is -0.398 e. The SMILES string of the molecule is Nc1cc(C(=O)CCc2noc(-c3c[nH]c4ncccc34)n2)c(=O)n(Cc2cc(F)c(F)c(F)c2)c1. The van der Waals surface area contributed by atoms with E-state index in [0.717, 1.165) is 22.1 Å². The summed E-state index contributed by atoms with van der Waals surface area (Å²) >= 11 is 0. The van der Waals surface area contributed by atoms with Crippen molar-refractivity contribution in [3.63, 3.8) is 0 Å². The molecule has 0 unspecified atom stereocenters. The molecule has 0 aliphatic rings. The molecule has 0 saturated carbocycles. The maximum absolute atomic E-state index is 13.6. The monoisotopic (exact) mass is 494 g/mol. The number of benzene rings is 1. The van der Waals surface area contributed by atoms with E-state index in [2.05, 4.69) is 20.1 Å². The number of pyridine rings is 2. The molecular formula is C24H17F3N6O3. The van der Waals surface area contributed by atoms with Crippen LogP contribution in [-0.4, -0.2) is 30.5 Å². The van der Waals surface area contributed by atoms with Gasteiger partial charge in [0, 0.05) is 42.5 Å². The van der Waals surface area contributed by atoms with Gasteiger partial charge >= 0.3 is 0 Å². The van der Waals surface area contributed by atoms with Crippen LogP contribution in [0.15, 0.2) is 58.2 Å². The van der Waals surface area contributed by atoms with Crippen LogP contribution < -0.4 is 11.3 Å². The second kappa shape index (κ2) is 9.13. The molecule has 4 aromatic heterocycles. The lowest BCUT2D eigenvalue weighted by molar-refractivity contribution is 0.0980. The van der Waals surface area contributed by atoms with E-state index in [1.54, 1.807) is 18.5 Å². The normalized spacial score (nSPS) is 11.3. The number of nitrogens with two attached hydrogens (primary N) is 1. The molecule has 0 aliphatic heterocycles. The summed E-state index contributed by atoms with van der Waals surface area (Å²) in [6, 6.07) is 6.39. The minimum absolute atomic E-state index is 0.00990. The fourth-order valence-electron chi connectivity index (χ4n) is 3.83. The summed E-state index contributed by atoms with van der Waals surface area (Å²) in [4.78, 5) is 37.2. The third-order valence-electron chi connectivity index (χ3n) is 5.53. The number of halogens is 3. The van der Waals surface area contributed by atoms with Gasteiger partial charge in [0.2, 0.25) is 0 Å². The molecule has 3 N–H and O–H groups in total.